The first-order valence-corrected chi connectivity index (χ1v) is 7.73. The second-order valence-electron chi connectivity index (χ2n) is 6.06. The highest BCUT2D eigenvalue weighted by atomic mass is 35.5. The number of nitro groups is 1. The van der Waals surface area contributed by atoms with Gasteiger partial charge in [0.15, 0.2) is 0 Å². The van der Waals surface area contributed by atoms with Crippen LogP contribution in [0, 0.1) is 15.5 Å². The third-order valence-corrected chi connectivity index (χ3v) is 4.74. The zero-order chi connectivity index (χ0) is 14.9. The maximum absolute atomic E-state index is 11.3. The van der Waals surface area contributed by atoms with Gasteiger partial charge in [-0.15, -0.1) is 0 Å². The number of piperidine rings is 2. The largest absolute Gasteiger partial charge is 0.350 e. The molecule has 2 fully saturated rings. The van der Waals surface area contributed by atoms with E-state index < -0.39 is 4.92 Å². The molecule has 1 aromatic heterocycles. The van der Waals surface area contributed by atoms with Crippen LogP contribution in [0.25, 0.3) is 0 Å². The van der Waals surface area contributed by atoms with Crippen LogP contribution in [0.1, 0.15) is 25.7 Å². The summed E-state index contributed by atoms with van der Waals surface area (Å²) >= 11 is 5.85. The van der Waals surface area contributed by atoms with Crippen molar-refractivity contribution >= 4 is 23.1 Å². The Hall–Kier alpha value is -1.40. The number of hydrogen-bond donors (Lipinski definition) is 1. The SMILES string of the molecule is O=[N+]([O-])c1cc(Cl)cnc1N1CCCC2(CCCNC2)C1. The normalized spacial score (nSPS) is 26.0. The minimum Gasteiger partial charge on any atom is -0.350 e. The van der Waals surface area contributed by atoms with Crippen molar-refractivity contribution in [2.45, 2.75) is 25.7 Å². The van der Waals surface area contributed by atoms with Crippen molar-refractivity contribution in [3.05, 3.63) is 27.4 Å². The van der Waals surface area contributed by atoms with Crippen LogP contribution in [0.15, 0.2) is 12.3 Å². The minimum atomic E-state index is -0.394. The van der Waals surface area contributed by atoms with Gasteiger partial charge in [0, 0.05) is 37.3 Å². The molecule has 3 rings (SSSR count). The smallest absolute Gasteiger partial charge is 0.313 e. The third kappa shape index (κ3) is 2.96. The molecule has 6 nitrogen and oxygen atoms in total. The lowest BCUT2D eigenvalue weighted by atomic mass is 9.74. The maximum atomic E-state index is 11.3. The minimum absolute atomic E-state index is 0.00307. The van der Waals surface area contributed by atoms with Gasteiger partial charge in [0.2, 0.25) is 5.82 Å². The second-order valence-corrected chi connectivity index (χ2v) is 6.50. The van der Waals surface area contributed by atoms with Gasteiger partial charge in [0.1, 0.15) is 0 Å². The highest BCUT2D eigenvalue weighted by molar-refractivity contribution is 6.30. The molecule has 1 unspecified atom stereocenters. The molecule has 21 heavy (non-hydrogen) atoms. The summed E-state index contributed by atoms with van der Waals surface area (Å²) < 4.78 is 0. The Morgan fingerprint density at radius 2 is 2.24 bits per heavy atom. The molecular weight excluding hydrogens is 292 g/mol. The van der Waals surface area contributed by atoms with E-state index >= 15 is 0 Å². The summed E-state index contributed by atoms with van der Waals surface area (Å²) in [5.74, 6) is 0.453. The summed E-state index contributed by atoms with van der Waals surface area (Å²) in [5, 5.41) is 15.0. The molecule has 7 heteroatoms. The number of nitrogens with zero attached hydrogens (tertiary/aromatic N) is 3. The molecule has 114 valence electrons. The lowest BCUT2D eigenvalue weighted by molar-refractivity contribution is -0.384. The van der Waals surface area contributed by atoms with Gasteiger partial charge in [-0.25, -0.2) is 4.98 Å². The second kappa shape index (κ2) is 5.77. The Labute approximate surface area is 128 Å². The van der Waals surface area contributed by atoms with Crippen molar-refractivity contribution in [2.75, 3.05) is 31.1 Å². The molecule has 1 spiro atoms. The number of anilines is 1. The molecule has 0 bridgehead atoms. The average molecular weight is 311 g/mol. The molecule has 0 aliphatic carbocycles. The summed E-state index contributed by atoms with van der Waals surface area (Å²) in [4.78, 5) is 17.2. The highest BCUT2D eigenvalue weighted by Gasteiger charge is 2.38. The van der Waals surface area contributed by atoms with Gasteiger partial charge in [-0.2, -0.15) is 0 Å². The molecular formula is C14H19ClN4O2. The number of halogens is 1. The zero-order valence-electron chi connectivity index (χ0n) is 11.8. The molecule has 0 aromatic carbocycles. The Kier molecular flexibility index (Phi) is 3.99. The summed E-state index contributed by atoms with van der Waals surface area (Å²) in [7, 11) is 0. The lowest BCUT2D eigenvalue weighted by Gasteiger charge is -2.45. The molecule has 1 N–H and O–H groups in total. The van der Waals surface area contributed by atoms with Crippen LogP contribution in [0.4, 0.5) is 11.5 Å². The Morgan fingerprint density at radius 3 is 2.95 bits per heavy atom. The van der Waals surface area contributed by atoms with Gasteiger partial charge >= 0.3 is 5.69 Å². The molecule has 1 atom stereocenters. The fourth-order valence-electron chi connectivity index (χ4n) is 3.57. The third-order valence-electron chi connectivity index (χ3n) is 4.53. The molecule has 0 saturated carbocycles. The fourth-order valence-corrected chi connectivity index (χ4v) is 3.72. The van der Waals surface area contributed by atoms with Crippen molar-refractivity contribution in [1.82, 2.24) is 10.3 Å². The molecule has 2 aliphatic heterocycles. The van der Waals surface area contributed by atoms with Gasteiger partial charge in [-0.3, -0.25) is 10.1 Å². The Balaban J connectivity index is 1.88. The first kappa shape index (κ1) is 14.5. The summed E-state index contributed by atoms with van der Waals surface area (Å²) in [6.07, 6.45) is 6.06. The van der Waals surface area contributed by atoms with Gasteiger partial charge in [0.25, 0.3) is 0 Å². The number of nitrogens with one attached hydrogen (secondary N) is 1. The van der Waals surface area contributed by atoms with Crippen molar-refractivity contribution < 1.29 is 4.92 Å². The van der Waals surface area contributed by atoms with E-state index in [0.29, 0.717) is 10.8 Å². The van der Waals surface area contributed by atoms with E-state index in [0.717, 1.165) is 32.6 Å². The van der Waals surface area contributed by atoms with E-state index in [1.54, 1.807) is 0 Å². The highest BCUT2D eigenvalue weighted by Crippen LogP contribution is 2.39. The zero-order valence-corrected chi connectivity index (χ0v) is 12.6. The quantitative estimate of drug-likeness (QED) is 0.671. The van der Waals surface area contributed by atoms with Crippen molar-refractivity contribution in [3.63, 3.8) is 0 Å². The predicted molar refractivity (Wildman–Crippen MR) is 81.9 cm³/mol. The average Bonchev–Trinajstić information content (AvgIpc) is 2.48. The van der Waals surface area contributed by atoms with Crippen molar-refractivity contribution in [1.29, 1.82) is 0 Å². The summed E-state index contributed by atoms with van der Waals surface area (Å²) in [5.41, 5.74) is 0.231. The van der Waals surface area contributed by atoms with Crippen LogP contribution in [-0.2, 0) is 0 Å². The van der Waals surface area contributed by atoms with E-state index in [1.807, 2.05) is 0 Å². The molecule has 3 heterocycles. The van der Waals surface area contributed by atoms with Crippen LogP contribution in [0.5, 0.6) is 0 Å². The van der Waals surface area contributed by atoms with Crippen LogP contribution in [-0.4, -0.2) is 36.1 Å². The fraction of sp³-hybridized carbons (Fsp3) is 0.643. The molecule has 2 saturated heterocycles. The monoisotopic (exact) mass is 310 g/mol. The number of hydrogen-bond acceptors (Lipinski definition) is 5. The Bertz CT molecular complexity index is 540. The topological polar surface area (TPSA) is 71.3 Å². The van der Waals surface area contributed by atoms with E-state index in [-0.39, 0.29) is 11.1 Å². The summed E-state index contributed by atoms with van der Waals surface area (Å²) in [6, 6.07) is 1.39. The van der Waals surface area contributed by atoms with Crippen molar-refractivity contribution in [3.8, 4) is 0 Å². The van der Waals surface area contributed by atoms with E-state index in [1.165, 1.54) is 31.5 Å². The molecule has 0 amide bonds. The number of pyridine rings is 1. The maximum Gasteiger partial charge on any atom is 0.313 e. The standard InChI is InChI=1S/C14H19ClN4O2/c15-11-7-12(19(20)21)13(17-8-11)18-6-2-4-14(10-18)3-1-5-16-9-14/h7-8,16H,1-6,9-10H2. The number of aromatic nitrogens is 1. The first-order chi connectivity index (χ1) is 10.1. The van der Waals surface area contributed by atoms with E-state index in [4.69, 9.17) is 11.6 Å². The van der Waals surface area contributed by atoms with Gasteiger partial charge in [-0.05, 0) is 32.2 Å². The first-order valence-electron chi connectivity index (χ1n) is 7.35. The Morgan fingerprint density at radius 1 is 1.43 bits per heavy atom. The van der Waals surface area contributed by atoms with Gasteiger partial charge in [-0.1, -0.05) is 11.6 Å². The lowest BCUT2D eigenvalue weighted by Crippen LogP contribution is -2.51. The van der Waals surface area contributed by atoms with E-state index in [2.05, 4.69) is 15.2 Å². The van der Waals surface area contributed by atoms with Crippen LogP contribution >= 0.6 is 11.6 Å². The van der Waals surface area contributed by atoms with Gasteiger partial charge < -0.3 is 10.2 Å². The molecule has 0 radical (unpaired) electrons. The molecule has 2 aliphatic rings. The van der Waals surface area contributed by atoms with Crippen LogP contribution in [0.3, 0.4) is 0 Å². The predicted octanol–water partition coefficient (Wildman–Crippen LogP) is 2.61. The van der Waals surface area contributed by atoms with Crippen LogP contribution < -0.4 is 10.2 Å². The van der Waals surface area contributed by atoms with E-state index in [9.17, 15) is 10.1 Å². The van der Waals surface area contributed by atoms with Crippen LogP contribution in [0.2, 0.25) is 5.02 Å². The molecule has 1 aromatic rings. The number of rotatable bonds is 2. The van der Waals surface area contributed by atoms with Gasteiger partial charge in [0.05, 0.1) is 9.95 Å². The van der Waals surface area contributed by atoms with Crippen molar-refractivity contribution in [2.24, 2.45) is 5.41 Å². The summed E-state index contributed by atoms with van der Waals surface area (Å²) in [6.45, 7) is 3.71.